The van der Waals surface area contributed by atoms with Crippen LogP contribution in [-0.2, 0) is 19.5 Å². The van der Waals surface area contributed by atoms with Gasteiger partial charge in [0.15, 0.2) is 13.1 Å². The maximum Gasteiger partial charge on any atom is 0.267 e. The van der Waals surface area contributed by atoms with Gasteiger partial charge in [-0.25, -0.2) is 4.57 Å². The van der Waals surface area contributed by atoms with Crippen molar-refractivity contribution < 1.29 is 28.2 Å². The second kappa shape index (κ2) is 16.4. The first kappa shape index (κ1) is 41.0. The minimum atomic E-state index is -2.35. The number of benzene rings is 4. The number of methoxy groups -OCH3 is 2. The summed E-state index contributed by atoms with van der Waals surface area (Å²) >= 11 is 5.92. The lowest BCUT2D eigenvalue weighted by atomic mass is 9.80. The summed E-state index contributed by atoms with van der Waals surface area (Å²) in [5.41, 5.74) is 2.91. The second-order valence-corrected chi connectivity index (χ2v) is 21.0. The van der Waals surface area contributed by atoms with Crippen LogP contribution in [0.15, 0.2) is 114 Å². The average Bonchev–Trinajstić information content (AvgIpc) is 3.58. The monoisotopic (exact) mass is 792 g/mol. The van der Waals surface area contributed by atoms with Crippen molar-refractivity contribution in [1.82, 2.24) is 9.13 Å². The molecule has 0 amide bonds. The van der Waals surface area contributed by atoms with Crippen molar-refractivity contribution >= 4 is 26.4 Å². The smallest absolute Gasteiger partial charge is 0.267 e. The molecule has 56 heavy (non-hydrogen) atoms. The van der Waals surface area contributed by atoms with Gasteiger partial charge in [0.1, 0.15) is 29.4 Å². The molecule has 0 bridgehead atoms. The predicted molar refractivity (Wildman–Crippen MR) is 224 cm³/mol. The minimum absolute atomic E-state index is 0.0546. The van der Waals surface area contributed by atoms with Crippen LogP contribution in [-0.4, -0.2) is 56.4 Å². The molecule has 11 heteroatoms. The highest BCUT2D eigenvalue weighted by molar-refractivity contribution is 7.71. The van der Waals surface area contributed by atoms with Gasteiger partial charge in [-0.2, -0.15) is 0 Å². The zero-order valence-electron chi connectivity index (χ0n) is 33.7. The Morgan fingerprint density at radius 2 is 1.36 bits per heavy atom. The molecule has 1 aromatic heterocycles. The first-order valence-electron chi connectivity index (χ1n) is 18.9. The van der Waals surface area contributed by atoms with Gasteiger partial charge in [-0.1, -0.05) is 93.1 Å². The van der Waals surface area contributed by atoms with Crippen LogP contribution >= 0.6 is 12.2 Å². The minimum Gasteiger partial charge on any atom is -0.497 e. The van der Waals surface area contributed by atoms with Crippen LogP contribution in [0.3, 0.4) is 0 Å². The summed E-state index contributed by atoms with van der Waals surface area (Å²) in [7, 11) is 0.945. The van der Waals surface area contributed by atoms with Crippen molar-refractivity contribution in [3.63, 3.8) is 0 Å². The van der Waals surface area contributed by atoms with Crippen LogP contribution in [0.25, 0.3) is 0 Å². The number of ether oxygens (including phenoxy) is 4. The number of hydrogen-bond acceptors (Lipinski definition) is 8. The van der Waals surface area contributed by atoms with Crippen molar-refractivity contribution in [1.29, 1.82) is 0 Å². The molecule has 0 unspecified atom stereocenters. The standard InChI is InChI=1S/C45H52N2O7SSi/c1-30-15-17-32(18-16-30)42(49)47-41(48)31(2)28-46(43(47)55)40-27-38(54-56(8,9)44(3,4)5)39(53-40)29-52-45(33-13-11-10-12-14-33,34-19-23-36(50-6)24-20-34)35-21-25-37(51-7)26-22-35/h10-26,28,38-40H,27,29H2,1-9H3/t38-,39+,40+/m0/s1. The third kappa shape index (κ3) is 8.10. The summed E-state index contributed by atoms with van der Waals surface area (Å²) in [5, 5.41) is -0.0862. The fourth-order valence-electron chi connectivity index (χ4n) is 6.89. The SMILES string of the molecule is COc1ccc(C(OC[C@H]2O[C@@H](n3cc(C)c(=O)n(C(=O)c4ccc(C)cc4)c3=S)C[C@@H]2O[Si](C)(C)C(C)(C)C)(c2ccccc2)c2ccc(OC)cc2)cc1. The van der Waals surface area contributed by atoms with Crippen molar-refractivity contribution in [3.8, 4) is 11.5 Å². The van der Waals surface area contributed by atoms with Gasteiger partial charge < -0.3 is 23.4 Å². The Kier molecular flexibility index (Phi) is 12.0. The molecule has 4 aromatic carbocycles. The lowest BCUT2D eigenvalue weighted by Crippen LogP contribution is -2.47. The number of rotatable bonds is 12. The van der Waals surface area contributed by atoms with E-state index in [1.165, 1.54) is 0 Å². The number of carbonyl (C=O) groups is 1. The molecule has 1 fully saturated rings. The largest absolute Gasteiger partial charge is 0.497 e. The molecule has 2 heterocycles. The van der Waals surface area contributed by atoms with E-state index < -0.39 is 43.8 Å². The molecule has 0 spiro atoms. The van der Waals surface area contributed by atoms with Gasteiger partial charge in [0.25, 0.3) is 11.5 Å². The first-order chi connectivity index (χ1) is 26.6. The van der Waals surface area contributed by atoms with Crippen molar-refractivity contribution in [3.05, 3.63) is 158 Å². The molecule has 9 nitrogen and oxygen atoms in total. The van der Waals surface area contributed by atoms with E-state index in [4.69, 9.17) is 35.6 Å². The molecule has 0 radical (unpaired) electrons. The van der Waals surface area contributed by atoms with Gasteiger partial charge in [-0.3, -0.25) is 14.2 Å². The molecule has 1 saturated heterocycles. The number of nitrogens with zero attached hydrogens (tertiary/aromatic N) is 2. The predicted octanol–water partition coefficient (Wildman–Crippen LogP) is 9.39. The molecular formula is C45H52N2O7SSi. The number of carbonyl (C=O) groups excluding carboxylic acids is 1. The van der Waals surface area contributed by atoms with Crippen LogP contribution in [0, 0.1) is 18.6 Å². The van der Waals surface area contributed by atoms with Crippen molar-refractivity contribution in [2.24, 2.45) is 0 Å². The highest BCUT2D eigenvalue weighted by atomic mass is 32.1. The highest BCUT2D eigenvalue weighted by Gasteiger charge is 2.47. The molecule has 1 aliphatic rings. The van der Waals surface area contributed by atoms with E-state index in [2.05, 4.69) is 46.0 Å². The van der Waals surface area contributed by atoms with Crippen molar-refractivity contribution in [2.75, 3.05) is 20.8 Å². The van der Waals surface area contributed by atoms with Crippen LogP contribution in [0.2, 0.25) is 18.1 Å². The summed E-state index contributed by atoms with van der Waals surface area (Å²) in [6, 6.07) is 33.0. The number of aromatic nitrogens is 2. The molecule has 0 aliphatic carbocycles. The van der Waals surface area contributed by atoms with E-state index in [-0.39, 0.29) is 16.4 Å². The molecule has 0 saturated carbocycles. The lowest BCUT2D eigenvalue weighted by Gasteiger charge is -2.40. The zero-order chi connectivity index (χ0) is 40.4. The third-order valence-corrected chi connectivity index (χ3v) is 16.1. The topological polar surface area (TPSA) is 90.2 Å². The number of hydrogen-bond donors (Lipinski definition) is 0. The van der Waals surface area contributed by atoms with Gasteiger partial charge in [0, 0.05) is 23.7 Å². The first-order valence-corrected chi connectivity index (χ1v) is 22.2. The van der Waals surface area contributed by atoms with E-state index in [1.54, 1.807) is 44.0 Å². The molecular weight excluding hydrogens is 741 g/mol. The molecule has 0 N–H and O–H groups in total. The Labute approximate surface area is 335 Å². The fraction of sp³-hybridized carbons (Fsp3) is 0.356. The van der Waals surface area contributed by atoms with E-state index in [9.17, 15) is 9.59 Å². The van der Waals surface area contributed by atoms with Crippen molar-refractivity contribution in [2.45, 2.75) is 83.2 Å². The van der Waals surface area contributed by atoms with Gasteiger partial charge in [-0.05, 0) is 97.3 Å². The number of aryl methyl sites for hydroxylation is 2. The van der Waals surface area contributed by atoms with Crippen LogP contribution in [0.4, 0.5) is 0 Å². The van der Waals surface area contributed by atoms with Gasteiger partial charge in [0.05, 0.1) is 26.9 Å². The zero-order valence-corrected chi connectivity index (χ0v) is 35.5. The molecule has 6 rings (SSSR count). The molecule has 5 aromatic rings. The van der Waals surface area contributed by atoms with Crippen LogP contribution < -0.4 is 15.0 Å². The molecule has 3 atom stereocenters. The Hall–Kier alpha value is -4.65. The normalized spacial score (nSPS) is 17.5. The van der Waals surface area contributed by atoms with Crippen LogP contribution in [0.5, 0.6) is 11.5 Å². The van der Waals surface area contributed by atoms with Gasteiger partial charge >= 0.3 is 0 Å². The Bertz CT molecular complexity index is 2220. The molecule has 294 valence electrons. The van der Waals surface area contributed by atoms with Crippen LogP contribution in [0.1, 0.15) is 71.6 Å². The van der Waals surface area contributed by atoms with Gasteiger partial charge in [-0.15, -0.1) is 0 Å². The van der Waals surface area contributed by atoms with E-state index in [1.807, 2.05) is 85.8 Å². The Morgan fingerprint density at radius 3 is 1.88 bits per heavy atom. The van der Waals surface area contributed by atoms with E-state index >= 15 is 0 Å². The highest BCUT2D eigenvalue weighted by Crippen LogP contribution is 2.45. The Morgan fingerprint density at radius 1 is 0.821 bits per heavy atom. The van der Waals surface area contributed by atoms with Gasteiger partial charge in [0.2, 0.25) is 0 Å². The second-order valence-electron chi connectivity index (χ2n) is 15.9. The summed E-state index contributed by atoms with van der Waals surface area (Å²) in [4.78, 5) is 27.4. The summed E-state index contributed by atoms with van der Waals surface area (Å²) in [6.07, 6.45) is 0.522. The maximum atomic E-state index is 13.8. The summed E-state index contributed by atoms with van der Waals surface area (Å²) in [6.45, 7) is 14.8. The third-order valence-electron chi connectivity index (χ3n) is 11.2. The average molecular weight is 793 g/mol. The summed E-state index contributed by atoms with van der Waals surface area (Å²) in [5.74, 6) is 0.963. The Balaban J connectivity index is 1.45. The fourth-order valence-corrected chi connectivity index (χ4v) is 8.58. The van der Waals surface area contributed by atoms with E-state index in [0.29, 0.717) is 17.5 Å². The molecule has 1 aliphatic heterocycles. The van der Waals surface area contributed by atoms with E-state index in [0.717, 1.165) is 38.3 Å². The maximum absolute atomic E-state index is 13.8. The quantitative estimate of drug-likeness (QED) is 0.0702. The lowest BCUT2D eigenvalue weighted by molar-refractivity contribution is -0.0926. The summed E-state index contributed by atoms with van der Waals surface area (Å²) < 4.78 is 35.3.